The van der Waals surface area contributed by atoms with Crippen LogP contribution in [0.1, 0.15) is 35.8 Å². The fraction of sp³-hybridized carbons (Fsp3) is 0.222. The van der Waals surface area contributed by atoms with Gasteiger partial charge in [-0.25, -0.2) is 4.98 Å². The Morgan fingerprint density at radius 3 is 2.79 bits per heavy atom. The Hall–Kier alpha value is -3.93. The zero-order valence-corrected chi connectivity index (χ0v) is 18.9. The highest BCUT2D eigenvalue weighted by atomic mass is 16.5. The number of amides is 1. The Morgan fingerprint density at radius 1 is 1.18 bits per heavy atom. The van der Waals surface area contributed by atoms with Crippen LogP contribution in [0.2, 0.25) is 0 Å². The summed E-state index contributed by atoms with van der Waals surface area (Å²) >= 11 is 0. The maximum absolute atomic E-state index is 12.4. The van der Waals surface area contributed by atoms with Gasteiger partial charge >= 0.3 is 0 Å². The van der Waals surface area contributed by atoms with Crippen molar-refractivity contribution in [1.82, 2.24) is 19.3 Å². The van der Waals surface area contributed by atoms with Crippen LogP contribution in [-0.2, 0) is 4.79 Å². The number of hydrogen-bond donors (Lipinski definition) is 0. The van der Waals surface area contributed by atoms with Crippen molar-refractivity contribution in [1.29, 1.82) is 0 Å². The third-order valence-electron chi connectivity index (χ3n) is 6.39. The molecule has 0 aliphatic carbocycles. The molecule has 0 N–H and O–H groups in total. The number of carbonyl (C=O) groups is 1. The molecule has 1 atom stereocenters. The van der Waals surface area contributed by atoms with E-state index in [0.29, 0.717) is 0 Å². The van der Waals surface area contributed by atoms with Gasteiger partial charge in [0.15, 0.2) is 0 Å². The second-order valence-corrected chi connectivity index (χ2v) is 8.37. The van der Waals surface area contributed by atoms with E-state index in [4.69, 9.17) is 9.72 Å². The topological polar surface area (TPSA) is 59.7 Å². The Balaban J connectivity index is 1.50. The molecule has 2 aromatic heterocycles. The van der Waals surface area contributed by atoms with Crippen molar-refractivity contribution in [3.05, 3.63) is 90.7 Å². The van der Waals surface area contributed by atoms with Crippen molar-refractivity contribution in [2.45, 2.75) is 32.7 Å². The first-order chi connectivity index (χ1) is 16.1. The summed E-state index contributed by atoms with van der Waals surface area (Å²) in [7, 11) is 0. The van der Waals surface area contributed by atoms with Gasteiger partial charge in [-0.3, -0.25) is 14.2 Å². The number of carbonyl (C=O) groups excluding carboxylic acids is 1. The number of likely N-dealkylation sites (tertiary alicyclic amines) is 1. The van der Waals surface area contributed by atoms with E-state index in [1.807, 2.05) is 58.1 Å². The summed E-state index contributed by atoms with van der Waals surface area (Å²) in [5.74, 6) is 2.42. The Labute approximate surface area is 193 Å². The Bertz CT molecular complexity index is 1340. The maximum Gasteiger partial charge on any atom is 0.246 e. The number of rotatable bonds is 5. The molecule has 1 unspecified atom stereocenters. The van der Waals surface area contributed by atoms with Crippen molar-refractivity contribution < 1.29 is 9.53 Å². The maximum atomic E-state index is 12.4. The van der Waals surface area contributed by atoms with Crippen molar-refractivity contribution in [3.63, 3.8) is 0 Å². The summed E-state index contributed by atoms with van der Waals surface area (Å²) < 4.78 is 8.16. The van der Waals surface area contributed by atoms with Crippen LogP contribution in [0.4, 0.5) is 0 Å². The van der Waals surface area contributed by atoms with Crippen LogP contribution in [0.15, 0.2) is 73.7 Å². The number of ether oxygens (including phenoxy) is 1. The summed E-state index contributed by atoms with van der Waals surface area (Å²) in [6.07, 6.45) is 8.69. The second kappa shape index (κ2) is 8.54. The molecular formula is C27H26N4O2. The molecule has 2 aromatic carbocycles. The zero-order chi connectivity index (χ0) is 22.9. The number of nitrogens with zero attached hydrogens (tertiary/aromatic N) is 4. The molecule has 6 nitrogen and oxygen atoms in total. The van der Waals surface area contributed by atoms with E-state index in [1.165, 1.54) is 11.6 Å². The van der Waals surface area contributed by atoms with Crippen LogP contribution in [-0.4, -0.2) is 31.7 Å². The number of aromatic nitrogens is 3. The first-order valence-corrected chi connectivity index (χ1v) is 11.2. The predicted octanol–water partition coefficient (Wildman–Crippen LogP) is 5.65. The van der Waals surface area contributed by atoms with Gasteiger partial charge < -0.3 is 9.64 Å². The van der Waals surface area contributed by atoms with Gasteiger partial charge in [-0.05, 0) is 74.2 Å². The number of aryl methyl sites for hydroxylation is 1. The van der Waals surface area contributed by atoms with E-state index < -0.39 is 0 Å². The molecule has 1 aliphatic heterocycles. The fourth-order valence-electron chi connectivity index (χ4n) is 4.47. The van der Waals surface area contributed by atoms with E-state index in [2.05, 4.69) is 31.5 Å². The summed E-state index contributed by atoms with van der Waals surface area (Å²) in [4.78, 5) is 23.6. The Morgan fingerprint density at radius 2 is 2.00 bits per heavy atom. The third kappa shape index (κ3) is 3.78. The lowest BCUT2D eigenvalue weighted by Crippen LogP contribution is -2.29. The average molecular weight is 439 g/mol. The van der Waals surface area contributed by atoms with E-state index in [1.54, 1.807) is 6.20 Å². The van der Waals surface area contributed by atoms with Gasteiger partial charge in [-0.15, -0.1) is 0 Å². The summed E-state index contributed by atoms with van der Waals surface area (Å²) in [6.45, 7) is 8.52. The van der Waals surface area contributed by atoms with Crippen molar-refractivity contribution in [2.75, 3.05) is 6.54 Å². The standard InChI is InChI=1S/C27H26N4O2/c1-4-25(32)30-15-6-8-22(30)27-29-26(23-17-28-14-16-31(23)27)20-10-12-21(13-11-20)33-24-9-5-7-18(2)19(24)3/h4-5,7,9-14,16-17,22H,1,6,8,15H2,2-3H3. The number of imidazole rings is 1. The van der Waals surface area contributed by atoms with Gasteiger partial charge in [0.25, 0.3) is 0 Å². The molecule has 1 amide bonds. The Kier molecular flexibility index (Phi) is 5.42. The minimum Gasteiger partial charge on any atom is -0.457 e. The molecular weight excluding hydrogens is 412 g/mol. The van der Waals surface area contributed by atoms with Crippen LogP contribution >= 0.6 is 0 Å². The summed E-state index contributed by atoms with van der Waals surface area (Å²) in [5.41, 5.74) is 5.06. The second-order valence-electron chi connectivity index (χ2n) is 8.37. The lowest BCUT2D eigenvalue weighted by atomic mass is 10.1. The SMILES string of the molecule is C=CC(=O)N1CCCC1c1nc(-c2ccc(Oc3cccc(C)c3C)cc2)c2cnccn12. The van der Waals surface area contributed by atoms with Crippen molar-refractivity contribution in [3.8, 4) is 22.8 Å². The molecule has 6 heteroatoms. The molecule has 0 radical (unpaired) electrons. The van der Waals surface area contributed by atoms with Crippen LogP contribution < -0.4 is 4.74 Å². The van der Waals surface area contributed by atoms with E-state index in [9.17, 15) is 4.79 Å². The lowest BCUT2D eigenvalue weighted by molar-refractivity contribution is -0.127. The van der Waals surface area contributed by atoms with Gasteiger partial charge in [0.1, 0.15) is 17.3 Å². The zero-order valence-electron chi connectivity index (χ0n) is 18.9. The first-order valence-electron chi connectivity index (χ1n) is 11.2. The molecule has 33 heavy (non-hydrogen) atoms. The van der Waals surface area contributed by atoms with E-state index in [0.717, 1.165) is 59.0 Å². The smallest absolute Gasteiger partial charge is 0.246 e. The molecule has 3 heterocycles. The highest BCUT2D eigenvalue weighted by Crippen LogP contribution is 2.36. The number of fused-ring (bicyclic) bond motifs is 1. The summed E-state index contributed by atoms with van der Waals surface area (Å²) in [5, 5.41) is 0. The van der Waals surface area contributed by atoms with Crippen LogP contribution in [0.5, 0.6) is 11.5 Å². The minimum atomic E-state index is -0.0777. The van der Waals surface area contributed by atoms with Gasteiger partial charge in [0, 0.05) is 24.5 Å². The third-order valence-corrected chi connectivity index (χ3v) is 6.39. The van der Waals surface area contributed by atoms with E-state index >= 15 is 0 Å². The molecule has 1 saturated heterocycles. The van der Waals surface area contributed by atoms with Crippen LogP contribution in [0.3, 0.4) is 0 Å². The van der Waals surface area contributed by atoms with Crippen molar-refractivity contribution >= 4 is 11.4 Å². The summed E-state index contributed by atoms with van der Waals surface area (Å²) in [6, 6.07) is 13.9. The van der Waals surface area contributed by atoms with Crippen LogP contribution in [0.25, 0.3) is 16.8 Å². The highest BCUT2D eigenvalue weighted by molar-refractivity contribution is 5.87. The lowest BCUT2D eigenvalue weighted by Gasteiger charge is -2.22. The van der Waals surface area contributed by atoms with Gasteiger partial charge in [-0.1, -0.05) is 18.7 Å². The molecule has 1 aliphatic rings. The van der Waals surface area contributed by atoms with Gasteiger partial charge in [0.2, 0.25) is 5.91 Å². The normalized spacial score (nSPS) is 15.7. The quantitative estimate of drug-likeness (QED) is 0.378. The largest absolute Gasteiger partial charge is 0.457 e. The highest BCUT2D eigenvalue weighted by Gasteiger charge is 2.32. The molecule has 5 rings (SSSR count). The molecule has 0 spiro atoms. The van der Waals surface area contributed by atoms with Crippen LogP contribution in [0, 0.1) is 13.8 Å². The van der Waals surface area contributed by atoms with Gasteiger partial charge in [-0.2, -0.15) is 0 Å². The fourth-order valence-corrected chi connectivity index (χ4v) is 4.47. The average Bonchev–Trinajstić information content (AvgIpc) is 3.47. The van der Waals surface area contributed by atoms with E-state index in [-0.39, 0.29) is 11.9 Å². The van der Waals surface area contributed by atoms with Crippen molar-refractivity contribution in [2.24, 2.45) is 0 Å². The van der Waals surface area contributed by atoms with Gasteiger partial charge in [0.05, 0.1) is 23.4 Å². The molecule has 0 saturated carbocycles. The predicted molar refractivity (Wildman–Crippen MR) is 128 cm³/mol. The molecule has 1 fully saturated rings. The number of benzene rings is 2. The molecule has 4 aromatic rings. The molecule has 0 bridgehead atoms. The first kappa shape index (κ1) is 20.9. The molecule has 166 valence electrons. The minimum absolute atomic E-state index is 0.0576. The number of hydrogen-bond acceptors (Lipinski definition) is 4. The monoisotopic (exact) mass is 438 g/mol.